The average molecular weight is 436 g/mol. The molecule has 8 heteroatoms. The Hall–Kier alpha value is -2.12. The Balaban J connectivity index is 1.68. The minimum absolute atomic E-state index is 0.0537. The number of rotatable bonds is 5. The number of ether oxygens (including phenoxy) is 1. The van der Waals surface area contributed by atoms with Gasteiger partial charge >= 0.3 is 6.09 Å². The fourth-order valence-electron chi connectivity index (χ4n) is 4.33. The van der Waals surface area contributed by atoms with Crippen molar-refractivity contribution in [2.24, 2.45) is 16.4 Å². The molecular weight excluding hydrogens is 406 g/mol. The van der Waals surface area contributed by atoms with E-state index in [1.807, 2.05) is 20.8 Å². The van der Waals surface area contributed by atoms with Crippen LogP contribution in [0.1, 0.15) is 61.2 Å². The van der Waals surface area contributed by atoms with Crippen LogP contribution >= 0.6 is 11.6 Å². The third kappa shape index (κ3) is 4.62. The van der Waals surface area contributed by atoms with Crippen LogP contribution in [0.4, 0.5) is 4.79 Å². The molecule has 1 amide bonds. The van der Waals surface area contributed by atoms with Gasteiger partial charge in [-0.25, -0.2) is 4.79 Å². The van der Waals surface area contributed by atoms with Crippen molar-refractivity contribution in [2.45, 2.75) is 45.3 Å². The largest absolute Gasteiger partial charge is 0.444 e. The quantitative estimate of drug-likeness (QED) is 0.433. The van der Waals surface area contributed by atoms with Gasteiger partial charge in [-0.05, 0) is 51.2 Å². The molecule has 1 unspecified atom stereocenters. The van der Waals surface area contributed by atoms with Crippen LogP contribution in [-0.2, 0) is 4.74 Å². The second-order valence-corrected chi connectivity index (χ2v) is 10.0. The molecule has 1 aromatic carbocycles. The summed E-state index contributed by atoms with van der Waals surface area (Å²) in [6.07, 6.45) is 2.88. The molecule has 2 aliphatic rings. The fraction of sp³-hybridized carbons (Fsp3) is 0.591. The number of hydrogen-bond acceptors (Lipinski definition) is 6. The molecule has 1 spiro atoms. The maximum atomic E-state index is 12.2. The molecule has 1 aliphatic carbocycles. The molecule has 1 heterocycles. The molecular formula is C22H30ClN3O4. The maximum absolute atomic E-state index is 12.2. The lowest BCUT2D eigenvalue weighted by Crippen LogP contribution is -2.64. The van der Waals surface area contributed by atoms with Crippen LogP contribution in [0.15, 0.2) is 17.2 Å². The third-order valence-electron chi connectivity index (χ3n) is 5.66. The summed E-state index contributed by atoms with van der Waals surface area (Å²) in [5.41, 5.74) is 1.07. The van der Waals surface area contributed by atoms with Gasteiger partial charge in [0.25, 0.3) is 0 Å². The van der Waals surface area contributed by atoms with Gasteiger partial charge in [-0.15, -0.1) is 0 Å². The number of hydrogen-bond donors (Lipinski definition) is 1. The first-order chi connectivity index (χ1) is 13.9. The molecule has 1 saturated carbocycles. The smallest absolute Gasteiger partial charge is 0.410 e. The summed E-state index contributed by atoms with van der Waals surface area (Å²) in [6, 6.07) is 3.40. The van der Waals surface area contributed by atoms with Crippen LogP contribution in [0.2, 0.25) is 5.02 Å². The van der Waals surface area contributed by atoms with Gasteiger partial charge in [-0.1, -0.05) is 17.7 Å². The molecule has 2 fully saturated rings. The SMILES string of the molecule is CN(C)/N=C\c1c(C(O)C2CC3(C2)CN(C(=O)OC(C)(C)C)C3)ccc(Cl)c1C=O. The highest BCUT2D eigenvalue weighted by molar-refractivity contribution is 6.33. The molecule has 1 atom stereocenters. The Morgan fingerprint density at radius 3 is 2.50 bits per heavy atom. The summed E-state index contributed by atoms with van der Waals surface area (Å²) >= 11 is 6.18. The van der Waals surface area contributed by atoms with Crippen molar-refractivity contribution in [1.82, 2.24) is 9.91 Å². The number of likely N-dealkylation sites (tertiary alicyclic amines) is 1. The van der Waals surface area contributed by atoms with Gasteiger partial charge < -0.3 is 19.8 Å². The Morgan fingerprint density at radius 1 is 1.33 bits per heavy atom. The molecule has 0 aromatic heterocycles. The number of benzene rings is 1. The van der Waals surface area contributed by atoms with Crippen molar-refractivity contribution >= 4 is 30.2 Å². The number of halogens is 1. The molecule has 3 rings (SSSR count). The minimum Gasteiger partial charge on any atom is -0.444 e. The number of amides is 1. The predicted octanol–water partition coefficient (Wildman–Crippen LogP) is 3.73. The van der Waals surface area contributed by atoms with Gasteiger partial charge in [-0.3, -0.25) is 4.79 Å². The van der Waals surface area contributed by atoms with Crippen LogP contribution in [0.25, 0.3) is 0 Å². The predicted molar refractivity (Wildman–Crippen MR) is 116 cm³/mol. The zero-order valence-corrected chi connectivity index (χ0v) is 18.9. The normalized spacial score (nSPS) is 19.4. The van der Waals surface area contributed by atoms with Crippen LogP contribution in [0, 0.1) is 11.3 Å². The molecule has 0 radical (unpaired) electrons. The van der Waals surface area contributed by atoms with Gasteiger partial charge in [0.15, 0.2) is 6.29 Å². The zero-order chi connectivity index (χ0) is 22.3. The highest BCUT2D eigenvalue weighted by Gasteiger charge is 2.56. The fourth-order valence-corrected chi connectivity index (χ4v) is 4.54. The molecule has 1 N–H and O–H groups in total. The number of aliphatic hydroxyl groups excluding tert-OH is 1. The number of aliphatic hydroxyl groups is 1. The zero-order valence-electron chi connectivity index (χ0n) is 18.2. The summed E-state index contributed by atoms with van der Waals surface area (Å²) in [5, 5.41) is 17.2. The molecule has 30 heavy (non-hydrogen) atoms. The molecule has 1 saturated heterocycles. The van der Waals surface area contributed by atoms with E-state index in [-0.39, 0.29) is 17.4 Å². The number of carbonyl (C=O) groups is 2. The second kappa shape index (κ2) is 8.19. The van der Waals surface area contributed by atoms with E-state index in [0.717, 1.165) is 12.8 Å². The number of nitrogens with zero attached hydrogens (tertiary/aromatic N) is 3. The average Bonchev–Trinajstić information content (AvgIpc) is 2.55. The summed E-state index contributed by atoms with van der Waals surface area (Å²) in [5.74, 6) is 0.0537. The summed E-state index contributed by atoms with van der Waals surface area (Å²) in [7, 11) is 3.56. The molecule has 1 aliphatic heterocycles. The van der Waals surface area contributed by atoms with E-state index in [1.165, 1.54) is 0 Å². The van der Waals surface area contributed by atoms with E-state index in [2.05, 4.69) is 5.10 Å². The standard InChI is InChI=1S/C22H30ClN3O4/c1-21(2,3)30-20(29)26-12-22(13-26)8-14(9-22)19(28)15-6-7-18(23)17(11-27)16(15)10-24-25(4)5/h6-7,10-11,14,19,28H,8-9,12-13H2,1-5H3/b24-10-. The highest BCUT2D eigenvalue weighted by Crippen LogP contribution is 2.56. The monoisotopic (exact) mass is 435 g/mol. The van der Waals surface area contributed by atoms with Crippen LogP contribution in [0.5, 0.6) is 0 Å². The number of aldehydes is 1. The maximum Gasteiger partial charge on any atom is 0.410 e. The van der Waals surface area contributed by atoms with Crippen molar-refractivity contribution in [2.75, 3.05) is 27.2 Å². The van der Waals surface area contributed by atoms with Gasteiger partial charge in [0.05, 0.1) is 17.3 Å². The van der Waals surface area contributed by atoms with Crippen molar-refractivity contribution < 1.29 is 19.4 Å². The molecule has 7 nitrogen and oxygen atoms in total. The van der Waals surface area contributed by atoms with Crippen molar-refractivity contribution in [3.8, 4) is 0 Å². The molecule has 0 bridgehead atoms. The van der Waals surface area contributed by atoms with Crippen molar-refractivity contribution in [1.29, 1.82) is 0 Å². The van der Waals surface area contributed by atoms with E-state index >= 15 is 0 Å². The van der Waals surface area contributed by atoms with Crippen LogP contribution in [0.3, 0.4) is 0 Å². The molecule has 1 aromatic rings. The minimum atomic E-state index is -0.731. The first-order valence-corrected chi connectivity index (χ1v) is 10.5. The van der Waals surface area contributed by atoms with Crippen molar-refractivity contribution in [3.63, 3.8) is 0 Å². The van der Waals surface area contributed by atoms with Gasteiger partial charge in [-0.2, -0.15) is 5.10 Å². The summed E-state index contributed by atoms with van der Waals surface area (Å²) in [4.78, 5) is 25.5. The van der Waals surface area contributed by atoms with Gasteiger partial charge in [0, 0.05) is 43.7 Å². The van der Waals surface area contributed by atoms with E-state index < -0.39 is 11.7 Å². The van der Waals surface area contributed by atoms with E-state index in [9.17, 15) is 14.7 Å². The Kier molecular flexibility index (Phi) is 6.16. The topological polar surface area (TPSA) is 82.4 Å². The first kappa shape index (κ1) is 22.6. The number of carbonyl (C=O) groups excluding carboxylic acids is 2. The molecule has 164 valence electrons. The van der Waals surface area contributed by atoms with E-state index in [0.29, 0.717) is 41.1 Å². The summed E-state index contributed by atoms with van der Waals surface area (Å²) in [6.45, 7) is 6.87. The van der Waals surface area contributed by atoms with E-state index in [4.69, 9.17) is 16.3 Å². The van der Waals surface area contributed by atoms with E-state index in [1.54, 1.807) is 42.4 Å². The lowest BCUT2D eigenvalue weighted by atomic mass is 9.55. The highest BCUT2D eigenvalue weighted by atomic mass is 35.5. The Morgan fingerprint density at radius 2 is 1.97 bits per heavy atom. The third-order valence-corrected chi connectivity index (χ3v) is 5.99. The van der Waals surface area contributed by atoms with Gasteiger partial charge in [0.2, 0.25) is 0 Å². The number of hydrazone groups is 1. The second-order valence-electron chi connectivity index (χ2n) is 9.62. The van der Waals surface area contributed by atoms with Crippen LogP contribution in [-0.4, -0.2) is 66.4 Å². The lowest BCUT2D eigenvalue weighted by Gasteiger charge is -2.59. The van der Waals surface area contributed by atoms with Crippen LogP contribution < -0.4 is 0 Å². The van der Waals surface area contributed by atoms with Crippen molar-refractivity contribution in [3.05, 3.63) is 33.8 Å². The lowest BCUT2D eigenvalue weighted by molar-refractivity contribution is -0.123. The summed E-state index contributed by atoms with van der Waals surface area (Å²) < 4.78 is 5.42. The Bertz CT molecular complexity index is 849. The van der Waals surface area contributed by atoms with Gasteiger partial charge in [0.1, 0.15) is 5.60 Å². The first-order valence-electron chi connectivity index (χ1n) is 10.1. The Labute approximate surface area is 182 Å².